The fourth-order valence-electron chi connectivity index (χ4n) is 5.67. The van der Waals surface area contributed by atoms with Crippen molar-refractivity contribution in [3.8, 4) is 11.8 Å². The molecule has 1 atom stereocenters. The van der Waals surface area contributed by atoms with Crippen molar-refractivity contribution in [3.63, 3.8) is 0 Å². The van der Waals surface area contributed by atoms with Crippen LogP contribution >= 0.6 is 0 Å². The maximum atomic E-state index is 13.3. The Labute approximate surface area is 258 Å². The number of hydrogen-bond acceptors (Lipinski definition) is 8. The summed E-state index contributed by atoms with van der Waals surface area (Å²) in [5.74, 6) is 5.92. The molecule has 0 bridgehead atoms. The number of nitrogens with one attached hydrogen (secondary N) is 1. The highest BCUT2D eigenvalue weighted by molar-refractivity contribution is 7.89. The largest absolute Gasteiger partial charge is 0.468 e. The third-order valence-corrected chi connectivity index (χ3v) is 9.70. The first-order chi connectivity index (χ1) is 21.1. The molecule has 1 saturated carbocycles. The van der Waals surface area contributed by atoms with Crippen molar-refractivity contribution in [1.29, 1.82) is 0 Å². The minimum Gasteiger partial charge on any atom is -0.468 e. The van der Waals surface area contributed by atoms with Gasteiger partial charge in [-0.15, -0.1) is 0 Å². The summed E-state index contributed by atoms with van der Waals surface area (Å²) in [5.41, 5.74) is 1.39. The number of hydrogen-bond donors (Lipinski definition) is 1. The summed E-state index contributed by atoms with van der Waals surface area (Å²) in [4.78, 5) is 36.4. The molecule has 0 radical (unpaired) electrons. The van der Waals surface area contributed by atoms with Crippen LogP contribution in [0.25, 0.3) is 0 Å². The SMILES string of the molecule is CC(C)[C@H]1COCCN1C(=O)C1CCC(NS(=O)(=O)c2ccc(C#Cc3ccc(CCCOC=O)cc3)c([N+](=O)[O-])c2)CC1. The minimum atomic E-state index is -4.04. The summed E-state index contributed by atoms with van der Waals surface area (Å²) in [7, 11) is -4.04. The van der Waals surface area contributed by atoms with Gasteiger partial charge in [0.25, 0.3) is 12.2 Å². The van der Waals surface area contributed by atoms with Crippen molar-refractivity contribution in [1.82, 2.24) is 9.62 Å². The number of rotatable bonds is 11. The van der Waals surface area contributed by atoms with Gasteiger partial charge in [-0.1, -0.05) is 37.8 Å². The fourth-order valence-corrected chi connectivity index (χ4v) is 6.99. The average molecular weight is 626 g/mol. The Bertz CT molecular complexity index is 1490. The number of benzene rings is 2. The number of nitrogens with zero attached hydrogens (tertiary/aromatic N) is 2. The Morgan fingerprint density at radius 2 is 1.89 bits per heavy atom. The summed E-state index contributed by atoms with van der Waals surface area (Å²) in [5, 5.41) is 11.8. The van der Waals surface area contributed by atoms with E-state index < -0.39 is 20.6 Å². The molecule has 236 valence electrons. The van der Waals surface area contributed by atoms with Gasteiger partial charge in [0.15, 0.2) is 0 Å². The van der Waals surface area contributed by atoms with Crippen LogP contribution in [0.15, 0.2) is 47.4 Å². The number of sulfonamides is 1. The number of carbonyl (C=O) groups is 2. The van der Waals surface area contributed by atoms with E-state index in [9.17, 15) is 28.1 Å². The van der Waals surface area contributed by atoms with Crippen molar-refractivity contribution >= 4 is 28.1 Å². The number of aryl methyl sites for hydroxylation is 1. The summed E-state index contributed by atoms with van der Waals surface area (Å²) in [6, 6.07) is 10.7. The molecule has 2 aliphatic rings. The highest BCUT2D eigenvalue weighted by Crippen LogP contribution is 2.30. The zero-order chi connectivity index (χ0) is 31.7. The Balaban J connectivity index is 1.38. The maximum absolute atomic E-state index is 13.3. The van der Waals surface area contributed by atoms with Gasteiger partial charge in [-0.25, -0.2) is 13.1 Å². The third-order valence-electron chi connectivity index (χ3n) is 8.18. The number of carbonyl (C=O) groups excluding carboxylic acids is 2. The van der Waals surface area contributed by atoms with Crippen LogP contribution in [0, 0.1) is 33.8 Å². The first-order valence-corrected chi connectivity index (χ1v) is 16.4. The summed E-state index contributed by atoms with van der Waals surface area (Å²) >= 11 is 0. The Morgan fingerprint density at radius 3 is 2.55 bits per heavy atom. The molecule has 0 unspecified atom stereocenters. The highest BCUT2D eigenvalue weighted by Gasteiger charge is 2.36. The lowest BCUT2D eigenvalue weighted by atomic mass is 9.85. The molecule has 2 fully saturated rings. The molecule has 1 aliphatic carbocycles. The van der Waals surface area contributed by atoms with Crippen molar-refractivity contribution < 1.29 is 32.4 Å². The van der Waals surface area contributed by atoms with Crippen molar-refractivity contribution in [2.75, 3.05) is 26.4 Å². The summed E-state index contributed by atoms with van der Waals surface area (Å²) in [6.07, 6.45) is 3.56. The lowest BCUT2D eigenvalue weighted by Crippen LogP contribution is -2.53. The van der Waals surface area contributed by atoms with Gasteiger partial charge in [0, 0.05) is 30.1 Å². The van der Waals surface area contributed by atoms with Crippen LogP contribution in [0.4, 0.5) is 5.69 Å². The second-order valence-electron chi connectivity index (χ2n) is 11.5. The number of nitro benzene ring substituents is 1. The van der Waals surface area contributed by atoms with Crippen LogP contribution < -0.4 is 4.72 Å². The zero-order valence-electron chi connectivity index (χ0n) is 25.1. The second-order valence-corrected chi connectivity index (χ2v) is 13.3. The van der Waals surface area contributed by atoms with Gasteiger partial charge < -0.3 is 14.4 Å². The number of nitro groups is 1. The Kier molecular flexibility index (Phi) is 11.5. The lowest BCUT2D eigenvalue weighted by molar-refractivity contribution is -0.385. The number of morpholine rings is 1. The molecule has 0 spiro atoms. The van der Waals surface area contributed by atoms with Crippen LogP contribution in [0.1, 0.15) is 62.6 Å². The predicted octanol–water partition coefficient (Wildman–Crippen LogP) is 3.82. The van der Waals surface area contributed by atoms with Crippen LogP contribution in [-0.4, -0.2) is 69.1 Å². The molecule has 1 saturated heterocycles. The fraction of sp³-hybridized carbons (Fsp3) is 0.500. The van der Waals surface area contributed by atoms with Crippen molar-refractivity contribution in [2.45, 2.75) is 69.4 Å². The van der Waals surface area contributed by atoms with E-state index >= 15 is 0 Å². The molecule has 11 nitrogen and oxygen atoms in total. The summed E-state index contributed by atoms with van der Waals surface area (Å²) < 4.78 is 39.4. The van der Waals surface area contributed by atoms with E-state index in [1.165, 1.54) is 12.1 Å². The molecule has 2 aromatic rings. The van der Waals surface area contributed by atoms with Gasteiger partial charge in [-0.3, -0.25) is 19.7 Å². The number of amides is 1. The molecule has 0 aromatic heterocycles. The second kappa shape index (κ2) is 15.3. The number of ether oxygens (including phenoxy) is 2. The van der Waals surface area contributed by atoms with E-state index in [1.807, 2.05) is 17.0 Å². The van der Waals surface area contributed by atoms with E-state index in [-0.39, 0.29) is 40.3 Å². The third kappa shape index (κ3) is 8.65. The van der Waals surface area contributed by atoms with Crippen LogP contribution in [-0.2, 0) is 35.5 Å². The van der Waals surface area contributed by atoms with Gasteiger partial charge in [0.1, 0.15) is 5.56 Å². The summed E-state index contributed by atoms with van der Waals surface area (Å²) in [6.45, 7) is 6.53. The molecule has 44 heavy (non-hydrogen) atoms. The molecule has 2 aromatic carbocycles. The van der Waals surface area contributed by atoms with Crippen LogP contribution in [0.3, 0.4) is 0 Å². The van der Waals surface area contributed by atoms with Crippen molar-refractivity contribution in [2.24, 2.45) is 11.8 Å². The van der Waals surface area contributed by atoms with E-state index in [1.54, 1.807) is 12.1 Å². The van der Waals surface area contributed by atoms with Gasteiger partial charge in [0.2, 0.25) is 15.9 Å². The van der Waals surface area contributed by atoms with E-state index in [0.29, 0.717) is 70.5 Å². The molecular formula is C32H39N3O8S. The molecule has 1 N–H and O–H groups in total. The smallest absolute Gasteiger partial charge is 0.293 e. The van der Waals surface area contributed by atoms with E-state index in [0.717, 1.165) is 18.1 Å². The first kappa shape index (κ1) is 33.1. The molecular weight excluding hydrogens is 586 g/mol. The quantitative estimate of drug-likeness (QED) is 0.130. The minimum absolute atomic E-state index is 0.0444. The Morgan fingerprint density at radius 1 is 1.16 bits per heavy atom. The lowest BCUT2D eigenvalue weighted by Gasteiger charge is -2.41. The van der Waals surface area contributed by atoms with Gasteiger partial charge in [-0.2, -0.15) is 0 Å². The normalized spacial score (nSPS) is 20.4. The van der Waals surface area contributed by atoms with Crippen LogP contribution in [0.2, 0.25) is 0 Å². The van der Waals surface area contributed by atoms with Gasteiger partial charge in [0.05, 0.1) is 35.7 Å². The molecule has 1 heterocycles. The maximum Gasteiger partial charge on any atom is 0.293 e. The molecule has 4 rings (SSSR count). The van der Waals surface area contributed by atoms with Crippen molar-refractivity contribution in [3.05, 3.63) is 69.3 Å². The molecule has 12 heteroatoms. The molecule has 1 amide bonds. The topological polar surface area (TPSA) is 145 Å². The zero-order valence-corrected chi connectivity index (χ0v) is 25.9. The first-order valence-electron chi connectivity index (χ1n) is 14.9. The van der Waals surface area contributed by atoms with E-state index in [4.69, 9.17) is 4.74 Å². The monoisotopic (exact) mass is 625 g/mol. The predicted molar refractivity (Wildman–Crippen MR) is 163 cm³/mol. The average Bonchev–Trinajstić information content (AvgIpc) is 3.02. The van der Waals surface area contributed by atoms with Gasteiger partial charge in [-0.05, 0) is 74.3 Å². The standard InChI is InChI=1S/C32H39N3O8S/c1-23(2)31-21-42-19-17-34(31)32(37)27-11-14-28(15-12-27)33-44(40,41)29-16-13-26(30(20-29)35(38)39)10-9-25-7-5-24(6-8-25)4-3-18-43-22-36/h5-8,13,16,20,22-23,27-28,31,33H,3-4,11-12,14-15,17-19,21H2,1-2H3/t27?,28?,31-/m1/s1. The highest BCUT2D eigenvalue weighted by atomic mass is 32.2. The van der Waals surface area contributed by atoms with Gasteiger partial charge >= 0.3 is 0 Å². The van der Waals surface area contributed by atoms with Crippen LogP contribution in [0.5, 0.6) is 0 Å². The Hall–Kier alpha value is -3.79. The van der Waals surface area contributed by atoms with E-state index in [2.05, 4.69) is 35.1 Å². The molecule has 1 aliphatic heterocycles.